The number of nitrogens with one attached hydrogen (secondary N) is 2. The van der Waals surface area contributed by atoms with Gasteiger partial charge in [0.2, 0.25) is 0 Å². The molecular weight excluding hydrogens is 408 g/mol. The predicted octanol–water partition coefficient (Wildman–Crippen LogP) is 3.77. The van der Waals surface area contributed by atoms with Crippen LogP contribution in [0.2, 0.25) is 0 Å². The highest BCUT2D eigenvalue weighted by Crippen LogP contribution is 2.40. The molecule has 1 fully saturated rings. The maximum Gasteiger partial charge on any atom is 0.295 e. The van der Waals surface area contributed by atoms with Gasteiger partial charge in [0.05, 0.1) is 16.9 Å². The Balaban J connectivity index is 1.55. The molecule has 30 heavy (non-hydrogen) atoms. The molecule has 9 nitrogen and oxygen atoms in total. The second-order valence-corrected chi connectivity index (χ2v) is 8.82. The summed E-state index contributed by atoms with van der Waals surface area (Å²) in [6.45, 7) is 0. The molecule has 0 spiro atoms. The second kappa shape index (κ2) is 7.79. The van der Waals surface area contributed by atoms with Gasteiger partial charge >= 0.3 is 0 Å². The van der Waals surface area contributed by atoms with Crippen LogP contribution in [0.4, 0.5) is 17.1 Å². The van der Waals surface area contributed by atoms with E-state index >= 15 is 0 Å². The van der Waals surface area contributed by atoms with E-state index in [4.69, 9.17) is 4.74 Å². The molecule has 1 saturated carbocycles. The molecule has 0 bridgehead atoms. The van der Waals surface area contributed by atoms with Crippen molar-refractivity contribution >= 4 is 32.8 Å². The van der Waals surface area contributed by atoms with Gasteiger partial charge in [-0.1, -0.05) is 12.2 Å². The SMILES string of the molecule is COc1ccc(NS(=O)(=O)c2ccc(N/N=C3\CC4CC=CC34)c([N+](=O)[O-])c2)cc1. The van der Waals surface area contributed by atoms with Crippen molar-refractivity contribution < 1.29 is 18.1 Å². The van der Waals surface area contributed by atoms with E-state index in [1.54, 1.807) is 24.3 Å². The Kier molecular flexibility index (Phi) is 5.17. The Morgan fingerprint density at radius 3 is 2.63 bits per heavy atom. The number of nitrogens with zero attached hydrogens (tertiary/aromatic N) is 2. The second-order valence-electron chi connectivity index (χ2n) is 7.14. The fourth-order valence-electron chi connectivity index (χ4n) is 3.59. The Morgan fingerprint density at radius 1 is 1.20 bits per heavy atom. The molecule has 2 unspecified atom stereocenters. The van der Waals surface area contributed by atoms with E-state index in [2.05, 4.69) is 27.4 Å². The lowest BCUT2D eigenvalue weighted by molar-refractivity contribution is -0.384. The van der Waals surface area contributed by atoms with Gasteiger partial charge in [-0.2, -0.15) is 5.10 Å². The van der Waals surface area contributed by atoms with Crippen molar-refractivity contribution in [1.82, 2.24) is 0 Å². The van der Waals surface area contributed by atoms with Gasteiger partial charge in [0.15, 0.2) is 0 Å². The zero-order valence-corrected chi connectivity index (χ0v) is 16.9. The lowest BCUT2D eigenvalue weighted by Crippen LogP contribution is -2.33. The Hall–Kier alpha value is -3.40. The molecule has 2 aromatic rings. The minimum absolute atomic E-state index is 0.140. The highest BCUT2D eigenvalue weighted by atomic mass is 32.2. The number of fused-ring (bicyclic) bond motifs is 1. The summed E-state index contributed by atoms with van der Waals surface area (Å²) in [7, 11) is -2.50. The van der Waals surface area contributed by atoms with Gasteiger partial charge < -0.3 is 4.74 Å². The van der Waals surface area contributed by atoms with Gasteiger partial charge in [0, 0.05) is 23.4 Å². The first-order valence-electron chi connectivity index (χ1n) is 9.32. The van der Waals surface area contributed by atoms with Gasteiger partial charge in [0.1, 0.15) is 11.4 Å². The number of hydrazone groups is 1. The van der Waals surface area contributed by atoms with Crippen molar-refractivity contribution in [3.8, 4) is 5.75 Å². The van der Waals surface area contributed by atoms with E-state index in [1.807, 2.05) is 0 Å². The van der Waals surface area contributed by atoms with Crippen LogP contribution in [0.1, 0.15) is 12.8 Å². The fraction of sp³-hybridized carbons (Fsp3) is 0.250. The number of hydrogen-bond donors (Lipinski definition) is 2. The molecule has 0 saturated heterocycles. The number of allylic oxidation sites excluding steroid dienone is 2. The lowest BCUT2D eigenvalue weighted by atomic mass is 9.74. The summed E-state index contributed by atoms with van der Waals surface area (Å²) in [5, 5.41) is 15.8. The van der Waals surface area contributed by atoms with Gasteiger partial charge in [-0.05, 0) is 55.2 Å². The number of sulfonamides is 1. The monoisotopic (exact) mass is 428 g/mol. The van der Waals surface area contributed by atoms with Crippen molar-refractivity contribution in [1.29, 1.82) is 0 Å². The number of nitro groups is 1. The van der Waals surface area contributed by atoms with Gasteiger partial charge in [-0.15, -0.1) is 0 Å². The molecule has 2 aliphatic carbocycles. The topological polar surface area (TPSA) is 123 Å². The first-order chi connectivity index (χ1) is 14.4. The van der Waals surface area contributed by atoms with Crippen LogP contribution in [0.5, 0.6) is 5.75 Å². The van der Waals surface area contributed by atoms with Crippen LogP contribution < -0.4 is 14.9 Å². The van der Waals surface area contributed by atoms with Crippen LogP contribution in [0, 0.1) is 22.0 Å². The van der Waals surface area contributed by atoms with Crippen molar-refractivity contribution in [2.45, 2.75) is 17.7 Å². The maximum absolute atomic E-state index is 12.7. The number of benzene rings is 2. The minimum Gasteiger partial charge on any atom is -0.497 e. The first-order valence-corrected chi connectivity index (χ1v) is 10.8. The van der Waals surface area contributed by atoms with Crippen LogP contribution in [-0.2, 0) is 10.0 Å². The molecule has 0 heterocycles. The highest BCUT2D eigenvalue weighted by Gasteiger charge is 2.38. The highest BCUT2D eigenvalue weighted by molar-refractivity contribution is 7.92. The largest absolute Gasteiger partial charge is 0.497 e. The Bertz CT molecular complexity index is 1140. The number of nitro benzene ring substituents is 1. The summed E-state index contributed by atoms with van der Waals surface area (Å²) in [5.41, 5.74) is 3.77. The van der Waals surface area contributed by atoms with Gasteiger partial charge in [-0.3, -0.25) is 20.3 Å². The van der Waals surface area contributed by atoms with Crippen molar-refractivity contribution in [2.24, 2.45) is 16.9 Å². The quantitative estimate of drug-likeness (QED) is 0.393. The molecule has 2 aliphatic rings. The van der Waals surface area contributed by atoms with Gasteiger partial charge in [-0.25, -0.2) is 8.42 Å². The van der Waals surface area contributed by atoms with E-state index in [1.165, 1.54) is 19.2 Å². The molecule has 4 rings (SSSR count). The van der Waals surface area contributed by atoms with Crippen LogP contribution >= 0.6 is 0 Å². The molecular formula is C20H20N4O5S. The smallest absolute Gasteiger partial charge is 0.295 e. The predicted molar refractivity (Wildman–Crippen MR) is 113 cm³/mol. The lowest BCUT2D eigenvalue weighted by Gasteiger charge is -2.31. The average molecular weight is 428 g/mol. The van der Waals surface area contributed by atoms with Crippen LogP contribution in [0.15, 0.2) is 64.6 Å². The molecule has 2 aromatic carbocycles. The molecule has 0 radical (unpaired) electrons. The molecule has 0 aliphatic heterocycles. The summed E-state index contributed by atoms with van der Waals surface area (Å²) in [6.07, 6.45) is 6.12. The number of anilines is 2. The molecule has 10 heteroatoms. The van der Waals surface area contributed by atoms with E-state index < -0.39 is 14.9 Å². The Labute approximate surface area is 173 Å². The van der Waals surface area contributed by atoms with Crippen molar-refractivity contribution in [3.63, 3.8) is 0 Å². The standard InChI is InChI=1S/C20H20N4O5S/c1-29-15-7-5-14(6-8-15)23-30(27,28)16-9-10-18(20(12-16)24(25)26)21-22-19-11-13-3-2-4-17(13)19/h2,4-10,12-13,17,21,23H,3,11H2,1H3/b22-19+. The van der Waals surface area contributed by atoms with Gasteiger partial charge in [0.25, 0.3) is 15.7 Å². The van der Waals surface area contributed by atoms with E-state index in [0.29, 0.717) is 23.3 Å². The number of ether oxygens (including phenoxy) is 1. The zero-order chi connectivity index (χ0) is 21.3. The third-order valence-corrected chi connectivity index (χ3v) is 6.66. The summed E-state index contributed by atoms with van der Waals surface area (Å²) < 4.78 is 32.8. The average Bonchev–Trinajstić information content (AvgIpc) is 3.09. The molecule has 2 atom stereocenters. The molecule has 0 aromatic heterocycles. The van der Waals surface area contributed by atoms with Crippen LogP contribution in [0.3, 0.4) is 0 Å². The summed E-state index contributed by atoms with van der Waals surface area (Å²) in [5.74, 6) is 1.46. The normalized spacial score (nSPS) is 21.0. The molecule has 156 valence electrons. The summed E-state index contributed by atoms with van der Waals surface area (Å²) in [6, 6.07) is 9.98. The van der Waals surface area contributed by atoms with Crippen LogP contribution in [0.25, 0.3) is 0 Å². The van der Waals surface area contributed by atoms with Crippen LogP contribution in [-0.4, -0.2) is 26.2 Å². The Morgan fingerprint density at radius 2 is 1.97 bits per heavy atom. The van der Waals surface area contributed by atoms with Crippen molar-refractivity contribution in [3.05, 3.63) is 64.7 Å². The zero-order valence-electron chi connectivity index (χ0n) is 16.1. The minimum atomic E-state index is -4.01. The number of hydrogen-bond acceptors (Lipinski definition) is 7. The number of rotatable bonds is 7. The number of methoxy groups -OCH3 is 1. The third kappa shape index (κ3) is 3.86. The van der Waals surface area contributed by atoms with E-state index in [0.717, 1.165) is 24.6 Å². The van der Waals surface area contributed by atoms with E-state index in [-0.39, 0.29) is 16.3 Å². The fourth-order valence-corrected chi connectivity index (χ4v) is 4.67. The summed E-state index contributed by atoms with van der Waals surface area (Å²) in [4.78, 5) is 10.7. The third-order valence-electron chi connectivity index (χ3n) is 5.28. The maximum atomic E-state index is 12.7. The van der Waals surface area contributed by atoms with Crippen molar-refractivity contribution in [2.75, 3.05) is 17.3 Å². The first kappa shape index (κ1) is 19.9. The summed E-state index contributed by atoms with van der Waals surface area (Å²) >= 11 is 0. The molecule has 2 N–H and O–H groups in total. The van der Waals surface area contributed by atoms with E-state index in [9.17, 15) is 18.5 Å². The molecule has 0 amide bonds.